The minimum atomic E-state index is -1.48. The summed E-state index contributed by atoms with van der Waals surface area (Å²) in [6, 6.07) is 8.61. The zero-order valence-electron chi connectivity index (χ0n) is 20.3. The number of hydrogen-bond donors (Lipinski definition) is 1. The normalized spacial score (nSPS) is 38.7. The van der Waals surface area contributed by atoms with Gasteiger partial charge in [0.1, 0.15) is 5.60 Å². The van der Waals surface area contributed by atoms with Gasteiger partial charge >= 0.3 is 5.97 Å². The molecule has 1 N–H and O–H groups in total. The fourth-order valence-corrected chi connectivity index (χ4v) is 7.87. The first-order valence-corrected chi connectivity index (χ1v) is 12.5. The average Bonchev–Trinajstić information content (AvgIpc) is 3.10. The Morgan fingerprint density at radius 2 is 1.76 bits per heavy atom. The summed E-state index contributed by atoms with van der Waals surface area (Å²) >= 11 is 0. The molecule has 5 nitrogen and oxygen atoms in total. The number of aliphatic hydroxyl groups is 1. The van der Waals surface area contributed by atoms with Crippen LogP contribution in [0.4, 0.5) is 0 Å². The molecule has 1 aromatic rings. The van der Waals surface area contributed by atoms with Gasteiger partial charge in [0.05, 0.1) is 5.56 Å². The number of carbonyl (C=O) groups is 3. The second kappa shape index (κ2) is 8.01. The van der Waals surface area contributed by atoms with Crippen LogP contribution in [-0.4, -0.2) is 34.9 Å². The lowest BCUT2D eigenvalue weighted by Crippen LogP contribution is -2.58. The van der Waals surface area contributed by atoms with Gasteiger partial charge in [0.15, 0.2) is 12.4 Å². The Labute approximate surface area is 201 Å². The lowest BCUT2D eigenvalue weighted by atomic mass is 9.47. The van der Waals surface area contributed by atoms with E-state index < -0.39 is 23.6 Å². The molecule has 180 valence electrons. The van der Waals surface area contributed by atoms with Gasteiger partial charge in [-0.15, -0.1) is 0 Å². The second-order valence-corrected chi connectivity index (χ2v) is 11.3. The number of benzene rings is 1. The van der Waals surface area contributed by atoms with E-state index in [-0.39, 0.29) is 22.9 Å². The zero-order chi connectivity index (χ0) is 24.3. The van der Waals surface area contributed by atoms with Crippen LogP contribution in [0.2, 0.25) is 0 Å². The van der Waals surface area contributed by atoms with Crippen LogP contribution in [0, 0.1) is 28.6 Å². The van der Waals surface area contributed by atoms with Crippen molar-refractivity contribution in [3.8, 4) is 0 Å². The van der Waals surface area contributed by atoms with Gasteiger partial charge in [-0.2, -0.15) is 0 Å². The summed E-state index contributed by atoms with van der Waals surface area (Å²) in [5, 5.41) is 11.8. The minimum absolute atomic E-state index is 0.123. The summed E-state index contributed by atoms with van der Waals surface area (Å²) < 4.78 is 5.31. The van der Waals surface area contributed by atoms with Gasteiger partial charge in [-0.05, 0) is 87.0 Å². The van der Waals surface area contributed by atoms with E-state index in [0.29, 0.717) is 23.8 Å². The summed E-state index contributed by atoms with van der Waals surface area (Å²) in [4.78, 5) is 38.0. The molecular weight excluding hydrogens is 428 g/mol. The van der Waals surface area contributed by atoms with Gasteiger partial charge in [0.2, 0.25) is 5.78 Å². The molecular formula is C29H34O5. The molecule has 1 aromatic carbocycles. The molecule has 3 fully saturated rings. The van der Waals surface area contributed by atoms with E-state index in [1.165, 1.54) is 5.57 Å². The number of ether oxygens (including phenoxy) is 1. The highest BCUT2D eigenvalue weighted by atomic mass is 16.5. The summed E-state index contributed by atoms with van der Waals surface area (Å²) in [7, 11) is 0. The smallest absolute Gasteiger partial charge is 0.338 e. The standard InChI is InChI=1S/C29H34O5/c1-18-16-27(2)20(15-24(18)30)9-10-21-22(27)11-13-28(3)23(21)12-14-29(28,33)25(31)17-34-26(32)19-7-5-4-6-8-19/h4-8,15-16,21-23,33H,9-14,17H2,1-3H3/t21-,22+,23+,27+,28+,29+/m1/s1. The van der Waals surface area contributed by atoms with Gasteiger partial charge in [0, 0.05) is 10.8 Å². The van der Waals surface area contributed by atoms with Crippen molar-refractivity contribution in [2.45, 2.75) is 64.9 Å². The lowest BCUT2D eigenvalue weighted by molar-refractivity contribution is -0.163. The quantitative estimate of drug-likeness (QED) is 0.648. The average molecular weight is 463 g/mol. The van der Waals surface area contributed by atoms with Crippen LogP contribution in [0.3, 0.4) is 0 Å². The van der Waals surface area contributed by atoms with Crippen LogP contribution >= 0.6 is 0 Å². The third-order valence-electron chi connectivity index (χ3n) is 9.81. The molecule has 0 aliphatic heterocycles. The van der Waals surface area contributed by atoms with Crippen molar-refractivity contribution in [1.82, 2.24) is 0 Å². The maximum Gasteiger partial charge on any atom is 0.338 e. The molecule has 0 spiro atoms. The van der Waals surface area contributed by atoms with E-state index >= 15 is 0 Å². The van der Waals surface area contributed by atoms with Gasteiger partial charge in [-0.1, -0.05) is 43.7 Å². The second-order valence-electron chi connectivity index (χ2n) is 11.3. The summed E-state index contributed by atoms with van der Waals surface area (Å²) in [5.41, 5.74) is 0.310. The number of allylic oxidation sites excluding steroid dienone is 4. The minimum Gasteiger partial charge on any atom is -0.454 e. The highest BCUT2D eigenvalue weighted by Gasteiger charge is 2.66. The van der Waals surface area contributed by atoms with Gasteiger partial charge in [-0.3, -0.25) is 9.59 Å². The largest absolute Gasteiger partial charge is 0.454 e. The van der Waals surface area contributed by atoms with Crippen molar-refractivity contribution in [3.05, 3.63) is 59.2 Å². The van der Waals surface area contributed by atoms with E-state index in [9.17, 15) is 19.5 Å². The Morgan fingerprint density at radius 3 is 2.50 bits per heavy atom. The fraction of sp³-hybridized carbons (Fsp3) is 0.552. The number of ketones is 2. The Hall–Kier alpha value is -2.53. The molecule has 0 aromatic heterocycles. The maximum absolute atomic E-state index is 13.3. The predicted octanol–water partition coefficient (Wildman–Crippen LogP) is 4.84. The van der Waals surface area contributed by atoms with Crippen molar-refractivity contribution < 1.29 is 24.2 Å². The van der Waals surface area contributed by atoms with Crippen LogP contribution in [0.15, 0.2) is 53.6 Å². The molecule has 6 atom stereocenters. The van der Waals surface area contributed by atoms with Crippen LogP contribution in [0.25, 0.3) is 0 Å². The van der Waals surface area contributed by atoms with Gasteiger partial charge < -0.3 is 9.84 Å². The molecule has 3 saturated carbocycles. The molecule has 4 aliphatic carbocycles. The monoisotopic (exact) mass is 462 g/mol. The van der Waals surface area contributed by atoms with Crippen molar-refractivity contribution in [2.24, 2.45) is 28.6 Å². The molecule has 0 amide bonds. The van der Waals surface area contributed by atoms with Crippen molar-refractivity contribution in [2.75, 3.05) is 6.61 Å². The van der Waals surface area contributed by atoms with E-state index in [4.69, 9.17) is 4.74 Å². The van der Waals surface area contributed by atoms with Crippen molar-refractivity contribution in [3.63, 3.8) is 0 Å². The van der Waals surface area contributed by atoms with Crippen LogP contribution < -0.4 is 0 Å². The van der Waals surface area contributed by atoms with Crippen molar-refractivity contribution >= 4 is 17.5 Å². The molecule has 4 aliphatic rings. The third-order valence-corrected chi connectivity index (χ3v) is 9.81. The van der Waals surface area contributed by atoms with Crippen LogP contribution in [-0.2, 0) is 14.3 Å². The number of carbonyl (C=O) groups excluding carboxylic acids is 3. The fourth-order valence-electron chi connectivity index (χ4n) is 7.87. The number of fused-ring (bicyclic) bond motifs is 5. The summed E-state index contributed by atoms with van der Waals surface area (Å²) in [6.07, 6.45) is 8.77. The number of rotatable bonds is 4. The predicted molar refractivity (Wildman–Crippen MR) is 128 cm³/mol. The van der Waals surface area contributed by atoms with Crippen LogP contribution in [0.1, 0.15) is 69.7 Å². The Kier molecular flexibility index (Phi) is 5.47. The molecule has 5 rings (SSSR count). The zero-order valence-corrected chi connectivity index (χ0v) is 20.3. The molecule has 0 bridgehead atoms. The molecule has 5 heteroatoms. The number of esters is 1. The summed E-state index contributed by atoms with van der Waals surface area (Å²) in [6.45, 7) is 5.83. The number of hydrogen-bond acceptors (Lipinski definition) is 5. The van der Waals surface area contributed by atoms with E-state index in [2.05, 4.69) is 19.9 Å². The van der Waals surface area contributed by atoms with Crippen LogP contribution in [0.5, 0.6) is 0 Å². The Balaban J connectivity index is 1.35. The molecule has 34 heavy (non-hydrogen) atoms. The summed E-state index contributed by atoms with van der Waals surface area (Å²) in [5.74, 6) is 0.220. The molecule has 0 saturated heterocycles. The maximum atomic E-state index is 13.3. The first-order valence-electron chi connectivity index (χ1n) is 12.5. The van der Waals surface area contributed by atoms with E-state index in [0.717, 1.165) is 37.7 Å². The SMILES string of the molecule is CC1=C[C@@]2(C)C(=CC1=O)CC[C@@H]1[C@@H]2CC[C@@]2(C)[C@H]1CC[C@]2(O)C(=O)COC(=O)c1ccccc1. The van der Waals surface area contributed by atoms with E-state index in [1.54, 1.807) is 24.3 Å². The highest BCUT2D eigenvalue weighted by molar-refractivity contribution is 6.05. The topological polar surface area (TPSA) is 80.7 Å². The van der Waals surface area contributed by atoms with Crippen molar-refractivity contribution in [1.29, 1.82) is 0 Å². The molecule has 0 heterocycles. The Bertz CT molecular complexity index is 1100. The highest BCUT2D eigenvalue weighted by Crippen LogP contribution is 2.67. The first kappa shape index (κ1) is 23.2. The third kappa shape index (κ3) is 3.27. The lowest BCUT2D eigenvalue weighted by Gasteiger charge is -2.58. The molecule has 0 radical (unpaired) electrons. The number of Topliss-reactive ketones (excluding diaryl/α,β-unsaturated/α-hetero) is 1. The van der Waals surface area contributed by atoms with E-state index in [1.807, 2.05) is 19.1 Å². The molecule has 0 unspecified atom stereocenters. The Morgan fingerprint density at radius 1 is 1.06 bits per heavy atom. The van der Waals surface area contributed by atoms with Gasteiger partial charge in [0.25, 0.3) is 0 Å². The van der Waals surface area contributed by atoms with Gasteiger partial charge in [-0.25, -0.2) is 4.79 Å². The first-order chi connectivity index (χ1) is 16.1.